The Morgan fingerprint density at radius 3 is 2.00 bits per heavy atom. The van der Waals surface area contributed by atoms with Crippen LogP contribution in [-0.2, 0) is 0 Å². The molecule has 0 saturated heterocycles. The van der Waals surface area contributed by atoms with Crippen LogP contribution in [0.2, 0.25) is 0 Å². The number of rotatable bonds is 2. The van der Waals surface area contributed by atoms with Crippen LogP contribution in [0.3, 0.4) is 0 Å². The maximum atomic E-state index is 3.97. The Morgan fingerprint density at radius 1 is 1.40 bits per heavy atom. The molecule has 0 aromatic carbocycles. The van der Waals surface area contributed by atoms with Gasteiger partial charge >= 0.3 is 0 Å². The van der Waals surface area contributed by atoms with Gasteiger partial charge in [0.05, 0.1) is 6.34 Å². The van der Waals surface area contributed by atoms with E-state index in [-0.39, 0.29) is 5.54 Å². The van der Waals surface area contributed by atoms with Crippen LogP contribution < -0.4 is 0 Å². The van der Waals surface area contributed by atoms with Crippen LogP contribution >= 0.6 is 0 Å². The molecular formula is C8H18N2. The van der Waals surface area contributed by atoms with E-state index in [1.54, 1.807) is 7.05 Å². The van der Waals surface area contributed by atoms with E-state index >= 15 is 0 Å². The van der Waals surface area contributed by atoms with Crippen molar-refractivity contribution in [3.8, 4) is 0 Å². The van der Waals surface area contributed by atoms with Gasteiger partial charge in [0, 0.05) is 19.1 Å². The monoisotopic (exact) mass is 142 g/mol. The first kappa shape index (κ1) is 9.47. The zero-order valence-electron chi connectivity index (χ0n) is 7.68. The molecule has 10 heavy (non-hydrogen) atoms. The first-order chi connectivity index (χ1) is 4.52. The fourth-order valence-electron chi connectivity index (χ4n) is 0.869. The van der Waals surface area contributed by atoms with Crippen molar-refractivity contribution in [2.75, 3.05) is 13.6 Å². The van der Waals surface area contributed by atoms with Gasteiger partial charge in [-0.3, -0.25) is 4.99 Å². The molecule has 0 radical (unpaired) electrons. The molecule has 60 valence electrons. The van der Waals surface area contributed by atoms with Gasteiger partial charge in [-0.1, -0.05) is 0 Å². The average Bonchev–Trinajstić information content (AvgIpc) is 1.80. The van der Waals surface area contributed by atoms with Crippen molar-refractivity contribution in [2.24, 2.45) is 4.99 Å². The van der Waals surface area contributed by atoms with Crippen molar-refractivity contribution in [2.45, 2.75) is 33.2 Å². The predicted octanol–water partition coefficient (Wildman–Crippen LogP) is 1.76. The molecule has 0 rings (SSSR count). The zero-order valence-corrected chi connectivity index (χ0v) is 7.68. The molecule has 0 bridgehead atoms. The maximum absolute atomic E-state index is 3.97. The fourth-order valence-corrected chi connectivity index (χ4v) is 0.869. The van der Waals surface area contributed by atoms with Crippen LogP contribution in [0.5, 0.6) is 0 Å². The van der Waals surface area contributed by atoms with Gasteiger partial charge in [0.25, 0.3) is 0 Å². The van der Waals surface area contributed by atoms with E-state index in [4.69, 9.17) is 0 Å². The van der Waals surface area contributed by atoms with Gasteiger partial charge < -0.3 is 4.90 Å². The SMILES string of the molecule is CCN(C=NC)C(C)(C)C. The van der Waals surface area contributed by atoms with E-state index in [1.165, 1.54) is 0 Å². The topological polar surface area (TPSA) is 15.6 Å². The van der Waals surface area contributed by atoms with Crippen LogP contribution in [0.4, 0.5) is 0 Å². The van der Waals surface area contributed by atoms with Gasteiger partial charge in [0.1, 0.15) is 0 Å². The molecule has 0 aliphatic rings. The summed E-state index contributed by atoms with van der Waals surface area (Å²) in [5.74, 6) is 0. The second-order valence-corrected chi connectivity index (χ2v) is 3.33. The largest absolute Gasteiger partial charge is 0.358 e. The molecule has 0 aromatic heterocycles. The lowest BCUT2D eigenvalue weighted by Gasteiger charge is -2.32. The molecule has 2 nitrogen and oxygen atoms in total. The molecule has 0 aliphatic carbocycles. The fraction of sp³-hybridized carbons (Fsp3) is 0.875. The lowest BCUT2D eigenvalue weighted by atomic mass is 10.1. The number of hydrogen-bond acceptors (Lipinski definition) is 1. The van der Waals surface area contributed by atoms with Crippen molar-refractivity contribution >= 4 is 6.34 Å². The summed E-state index contributed by atoms with van der Waals surface area (Å²) in [6.07, 6.45) is 1.89. The van der Waals surface area contributed by atoms with Crippen LogP contribution in [0.1, 0.15) is 27.7 Å². The third kappa shape index (κ3) is 2.85. The lowest BCUT2D eigenvalue weighted by Crippen LogP contribution is -2.39. The summed E-state index contributed by atoms with van der Waals surface area (Å²) in [6.45, 7) is 9.68. The molecule has 0 saturated carbocycles. The summed E-state index contributed by atoms with van der Waals surface area (Å²) < 4.78 is 0. The Labute approximate surface area is 63.9 Å². The van der Waals surface area contributed by atoms with Crippen molar-refractivity contribution in [3.63, 3.8) is 0 Å². The van der Waals surface area contributed by atoms with Gasteiger partial charge in [0.2, 0.25) is 0 Å². The minimum Gasteiger partial charge on any atom is -0.358 e. The van der Waals surface area contributed by atoms with Gasteiger partial charge in [-0.25, -0.2) is 0 Å². The predicted molar refractivity (Wildman–Crippen MR) is 46.5 cm³/mol. The van der Waals surface area contributed by atoms with E-state index in [1.807, 2.05) is 6.34 Å². The van der Waals surface area contributed by atoms with Gasteiger partial charge in [-0.15, -0.1) is 0 Å². The van der Waals surface area contributed by atoms with Crippen LogP contribution in [0.15, 0.2) is 4.99 Å². The van der Waals surface area contributed by atoms with E-state index in [2.05, 4.69) is 37.6 Å². The second-order valence-electron chi connectivity index (χ2n) is 3.33. The molecule has 0 spiro atoms. The molecule has 0 unspecified atom stereocenters. The highest BCUT2D eigenvalue weighted by molar-refractivity contribution is 5.55. The highest BCUT2D eigenvalue weighted by atomic mass is 15.2. The Hall–Kier alpha value is -0.530. The average molecular weight is 142 g/mol. The lowest BCUT2D eigenvalue weighted by molar-refractivity contribution is 0.255. The normalized spacial score (nSPS) is 12.5. The highest BCUT2D eigenvalue weighted by Crippen LogP contribution is 2.09. The number of aliphatic imine (C=N–C) groups is 1. The van der Waals surface area contributed by atoms with Crippen molar-refractivity contribution in [3.05, 3.63) is 0 Å². The molecular weight excluding hydrogens is 124 g/mol. The van der Waals surface area contributed by atoms with Crippen LogP contribution in [0.25, 0.3) is 0 Å². The second kappa shape index (κ2) is 3.59. The molecule has 2 heteroatoms. The number of nitrogens with zero attached hydrogens (tertiary/aromatic N) is 2. The summed E-state index contributed by atoms with van der Waals surface area (Å²) in [6, 6.07) is 0. The summed E-state index contributed by atoms with van der Waals surface area (Å²) in [7, 11) is 1.80. The van der Waals surface area contributed by atoms with E-state index in [9.17, 15) is 0 Å². The van der Waals surface area contributed by atoms with E-state index in [0.29, 0.717) is 0 Å². The van der Waals surface area contributed by atoms with Gasteiger partial charge in [-0.2, -0.15) is 0 Å². The van der Waals surface area contributed by atoms with Crippen molar-refractivity contribution in [1.29, 1.82) is 0 Å². The maximum Gasteiger partial charge on any atom is 0.0850 e. The molecule has 0 amide bonds. The quantitative estimate of drug-likeness (QED) is 0.424. The summed E-state index contributed by atoms with van der Waals surface area (Å²) in [5.41, 5.74) is 0.203. The Morgan fingerprint density at radius 2 is 1.90 bits per heavy atom. The van der Waals surface area contributed by atoms with Crippen molar-refractivity contribution in [1.82, 2.24) is 4.90 Å². The Balaban J connectivity index is 4.07. The third-order valence-corrected chi connectivity index (χ3v) is 1.46. The summed E-state index contributed by atoms with van der Waals surface area (Å²) >= 11 is 0. The van der Waals surface area contributed by atoms with Crippen LogP contribution in [-0.4, -0.2) is 30.4 Å². The zero-order chi connectivity index (χ0) is 8.20. The number of hydrogen-bond donors (Lipinski definition) is 0. The first-order valence-corrected chi connectivity index (χ1v) is 3.71. The molecule has 0 aliphatic heterocycles. The third-order valence-electron chi connectivity index (χ3n) is 1.46. The highest BCUT2D eigenvalue weighted by Gasteiger charge is 2.15. The Bertz CT molecular complexity index is 111. The molecule has 0 fully saturated rings. The van der Waals surface area contributed by atoms with E-state index in [0.717, 1.165) is 6.54 Å². The standard InChI is InChI=1S/C8H18N2/c1-6-10(7-9-5)8(2,3)4/h7H,6H2,1-5H3. The molecule has 0 N–H and O–H groups in total. The van der Waals surface area contributed by atoms with Gasteiger partial charge in [-0.05, 0) is 27.7 Å². The van der Waals surface area contributed by atoms with Crippen molar-refractivity contribution < 1.29 is 0 Å². The smallest absolute Gasteiger partial charge is 0.0850 e. The minimum absolute atomic E-state index is 0.203. The molecule has 0 atom stereocenters. The minimum atomic E-state index is 0.203. The summed E-state index contributed by atoms with van der Waals surface area (Å²) in [4.78, 5) is 6.18. The van der Waals surface area contributed by atoms with Crippen LogP contribution in [0, 0.1) is 0 Å². The Kier molecular flexibility index (Phi) is 3.40. The first-order valence-electron chi connectivity index (χ1n) is 3.71. The molecule has 0 heterocycles. The van der Waals surface area contributed by atoms with Gasteiger partial charge in [0.15, 0.2) is 0 Å². The van der Waals surface area contributed by atoms with E-state index < -0.39 is 0 Å². The molecule has 0 aromatic rings. The summed E-state index contributed by atoms with van der Waals surface area (Å²) in [5, 5.41) is 0.